The Morgan fingerprint density at radius 2 is 1.69 bits per heavy atom. The molecular weight excluding hydrogens is 436 g/mol. The smallest absolute Gasteiger partial charge is 0.0462 e. The molecule has 4 saturated carbocycles. The van der Waals surface area contributed by atoms with E-state index >= 15 is 0 Å². The van der Waals surface area contributed by atoms with Crippen molar-refractivity contribution in [2.45, 2.75) is 97.8 Å². The Hall–Kier alpha value is -1.34. The minimum Gasteiger partial charge on any atom is -0.396 e. The molecule has 1 spiro atoms. The standard InChI is InChI=1S/C35H50O/c1-24-19-30-34(4,32-31(24)33(32,2)3)29(28-13-9-6-10-14-28)16-18-35(30)17-15-26(22-35)21-27(23-36)20-25-11-7-5-8-12-25/h5,7-8,11-12,19,26-29,31-32,36H,1,6,9-10,13-18,20-23H2,2-4H3/t26-,27-,29-,31-,32+,34-,35+/m1/s1. The molecule has 0 aliphatic heterocycles. The van der Waals surface area contributed by atoms with Gasteiger partial charge in [0.05, 0.1) is 0 Å². The number of benzene rings is 1. The van der Waals surface area contributed by atoms with Crippen LogP contribution in [-0.2, 0) is 6.42 Å². The lowest BCUT2D eigenvalue weighted by Gasteiger charge is -2.57. The molecule has 5 aliphatic carbocycles. The average molecular weight is 487 g/mol. The molecule has 7 atom stereocenters. The first kappa shape index (κ1) is 25.0. The summed E-state index contributed by atoms with van der Waals surface area (Å²) in [5.74, 6) is 4.45. The molecule has 1 N–H and O–H groups in total. The molecule has 0 amide bonds. The normalized spacial score (nSPS) is 40.4. The van der Waals surface area contributed by atoms with Gasteiger partial charge in [0.2, 0.25) is 0 Å². The van der Waals surface area contributed by atoms with Gasteiger partial charge >= 0.3 is 0 Å². The second-order valence-corrected chi connectivity index (χ2v) is 14.6. The zero-order valence-corrected chi connectivity index (χ0v) is 23.3. The summed E-state index contributed by atoms with van der Waals surface area (Å²) in [7, 11) is 0. The molecule has 4 fully saturated rings. The summed E-state index contributed by atoms with van der Waals surface area (Å²) in [5, 5.41) is 10.3. The predicted octanol–water partition coefficient (Wildman–Crippen LogP) is 8.78. The zero-order valence-electron chi connectivity index (χ0n) is 23.3. The molecule has 1 heteroatoms. The molecule has 0 unspecified atom stereocenters. The summed E-state index contributed by atoms with van der Waals surface area (Å²) in [4.78, 5) is 0. The quantitative estimate of drug-likeness (QED) is 0.426. The van der Waals surface area contributed by atoms with Crippen molar-refractivity contribution in [1.82, 2.24) is 0 Å². The molecule has 1 aromatic rings. The van der Waals surface area contributed by atoms with E-state index in [2.05, 4.69) is 63.8 Å². The molecule has 0 heterocycles. The van der Waals surface area contributed by atoms with Crippen LogP contribution in [-0.4, -0.2) is 11.7 Å². The first-order valence-corrected chi connectivity index (χ1v) is 15.4. The van der Waals surface area contributed by atoms with Crippen molar-refractivity contribution in [2.24, 2.45) is 51.8 Å². The van der Waals surface area contributed by atoms with Crippen molar-refractivity contribution in [3.05, 3.63) is 59.7 Å². The number of hydrogen-bond acceptors (Lipinski definition) is 1. The van der Waals surface area contributed by atoms with Crippen molar-refractivity contribution in [3.8, 4) is 0 Å². The van der Waals surface area contributed by atoms with Crippen LogP contribution in [0.25, 0.3) is 0 Å². The van der Waals surface area contributed by atoms with Crippen molar-refractivity contribution in [3.63, 3.8) is 0 Å². The molecule has 196 valence electrons. The summed E-state index contributed by atoms with van der Waals surface area (Å²) in [5.41, 5.74) is 5.83. The Labute approximate surface area is 220 Å². The van der Waals surface area contributed by atoms with Gasteiger partial charge in [0.25, 0.3) is 0 Å². The van der Waals surface area contributed by atoms with Gasteiger partial charge in [0, 0.05) is 6.61 Å². The number of allylic oxidation sites excluding steroid dienone is 3. The van der Waals surface area contributed by atoms with Crippen molar-refractivity contribution in [2.75, 3.05) is 6.61 Å². The fourth-order valence-corrected chi connectivity index (χ4v) is 10.9. The molecule has 36 heavy (non-hydrogen) atoms. The molecule has 0 saturated heterocycles. The topological polar surface area (TPSA) is 20.2 Å². The van der Waals surface area contributed by atoms with Gasteiger partial charge in [-0.2, -0.15) is 0 Å². The lowest BCUT2D eigenvalue weighted by Crippen LogP contribution is -2.49. The second-order valence-electron chi connectivity index (χ2n) is 14.6. The van der Waals surface area contributed by atoms with E-state index in [-0.39, 0.29) is 0 Å². The fourth-order valence-electron chi connectivity index (χ4n) is 10.9. The predicted molar refractivity (Wildman–Crippen MR) is 151 cm³/mol. The molecule has 0 aromatic heterocycles. The van der Waals surface area contributed by atoms with Gasteiger partial charge in [0.15, 0.2) is 0 Å². The average Bonchev–Trinajstić information content (AvgIpc) is 3.27. The number of fused-ring (bicyclic) bond motifs is 4. The van der Waals surface area contributed by atoms with Gasteiger partial charge in [-0.25, -0.2) is 0 Å². The van der Waals surface area contributed by atoms with E-state index in [1.54, 1.807) is 0 Å². The van der Waals surface area contributed by atoms with Gasteiger partial charge in [-0.05, 0) is 102 Å². The van der Waals surface area contributed by atoms with E-state index in [4.69, 9.17) is 0 Å². The highest BCUT2D eigenvalue weighted by Gasteiger charge is 2.72. The largest absolute Gasteiger partial charge is 0.396 e. The summed E-state index contributed by atoms with van der Waals surface area (Å²) >= 11 is 0. The van der Waals surface area contributed by atoms with E-state index in [0.717, 1.165) is 30.1 Å². The highest BCUT2D eigenvalue weighted by atomic mass is 16.3. The minimum absolute atomic E-state index is 0.317. The SMILES string of the molecule is C=C1C=C2[C@@]3(CC[C@H](C[C@H](CO)Cc4ccccc4)C3)CC[C@H](C3CCCCC3)[C@@]2(C)[C@H]2[C@@H]1C2(C)C. The van der Waals surface area contributed by atoms with Crippen LogP contribution in [0.2, 0.25) is 0 Å². The van der Waals surface area contributed by atoms with Gasteiger partial charge in [-0.15, -0.1) is 0 Å². The van der Waals surface area contributed by atoms with E-state index in [0.29, 0.717) is 34.7 Å². The molecule has 1 nitrogen and oxygen atoms in total. The molecule has 5 aliphatic rings. The van der Waals surface area contributed by atoms with Crippen LogP contribution in [0, 0.1) is 51.8 Å². The zero-order chi connectivity index (χ0) is 25.1. The van der Waals surface area contributed by atoms with Crippen LogP contribution in [0.3, 0.4) is 0 Å². The van der Waals surface area contributed by atoms with Crippen molar-refractivity contribution < 1.29 is 5.11 Å². The van der Waals surface area contributed by atoms with Gasteiger partial charge in [-0.1, -0.05) is 107 Å². The number of aliphatic hydroxyl groups is 1. The van der Waals surface area contributed by atoms with Gasteiger partial charge in [0.1, 0.15) is 0 Å². The summed E-state index contributed by atoms with van der Waals surface area (Å²) in [6, 6.07) is 10.8. The summed E-state index contributed by atoms with van der Waals surface area (Å²) in [6.45, 7) is 12.8. The van der Waals surface area contributed by atoms with E-state index in [9.17, 15) is 5.11 Å². The summed E-state index contributed by atoms with van der Waals surface area (Å²) < 4.78 is 0. The molecule has 0 bridgehead atoms. The molecule has 0 radical (unpaired) electrons. The summed E-state index contributed by atoms with van der Waals surface area (Å²) in [6.07, 6.45) is 19.1. The van der Waals surface area contributed by atoms with Crippen LogP contribution in [0.15, 0.2) is 54.1 Å². The van der Waals surface area contributed by atoms with E-state index in [1.165, 1.54) is 81.8 Å². The highest BCUT2D eigenvalue weighted by molar-refractivity contribution is 5.48. The third-order valence-corrected chi connectivity index (χ3v) is 12.3. The second kappa shape index (κ2) is 9.14. The number of aliphatic hydroxyl groups excluding tert-OH is 1. The number of rotatable bonds is 6. The highest BCUT2D eigenvalue weighted by Crippen LogP contribution is 2.79. The Morgan fingerprint density at radius 1 is 0.972 bits per heavy atom. The lowest BCUT2D eigenvalue weighted by molar-refractivity contribution is 0.0121. The molecule has 6 rings (SSSR count). The van der Waals surface area contributed by atoms with Crippen LogP contribution in [0.5, 0.6) is 0 Å². The lowest BCUT2D eigenvalue weighted by atomic mass is 9.47. The van der Waals surface area contributed by atoms with Crippen LogP contribution >= 0.6 is 0 Å². The van der Waals surface area contributed by atoms with Crippen molar-refractivity contribution in [1.29, 1.82) is 0 Å². The first-order valence-electron chi connectivity index (χ1n) is 15.4. The van der Waals surface area contributed by atoms with Crippen LogP contribution < -0.4 is 0 Å². The molecule has 1 aromatic carbocycles. The monoisotopic (exact) mass is 486 g/mol. The Balaban J connectivity index is 1.26. The third-order valence-electron chi connectivity index (χ3n) is 12.3. The molecular formula is C35H50O. The Morgan fingerprint density at radius 3 is 2.42 bits per heavy atom. The maximum atomic E-state index is 10.3. The minimum atomic E-state index is 0.317. The van der Waals surface area contributed by atoms with Gasteiger partial charge < -0.3 is 5.11 Å². The van der Waals surface area contributed by atoms with E-state index < -0.39 is 0 Å². The van der Waals surface area contributed by atoms with E-state index in [1.807, 2.05) is 5.57 Å². The van der Waals surface area contributed by atoms with Crippen LogP contribution in [0.1, 0.15) is 97.0 Å². The van der Waals surface area contributed by atoms with Crippen LogP contribution in [0.4, 0.5) is 0 Å². The maximum absolute atomic E-state index is 10.3. The van der Waals surface area contributed by atoms with Gasteiger partial charge in [-0.3, -0.25) is 0 Å². The fraction of sp³-hybridized carbons (Fsp3) is 0.714. The Kier molecular flexibility index (Phi) is 6.34. The third kappa shape index (κ3) is 3.90. The van der Waals surface area contributed by atoms with Crippen molar-refractivity contribution >= 4 is 0 Å². The maximum Gasteiger partial charge on any atom is 0.0462 e. The Bertz CT molecular complexity index is 997. The number of hydrogen-bond donors (Lipinski definition) is 1. The first-order chi connectivity index (χ1) is 17.3.